The number of benzene rings is 1. The van der Waals surface area contributed by atoms with Crippen LogP contribution in [0.4, 0.5) is 4.39 Å². The van der Waals surface area contributed by atoms with E-state index in [1.165, 1.54) is 55.3 Å². The second kappa shape index (κ2) is 11.8. The van der Waals surface area contributed by atoms with Crippen molar-refractivity contribution in [2.75, 3.05) is 33.2 Å². The highest BCUT2D eigenvalue weighted by atomic mass is 19.1. The van der Waals surface area contributed by atoms with E-state index in [0.717, 1.165) is 43.1 Å². The van der Waals surface area contributed by atoms with Crippen LogP contribution in [0.2, 0.25) is 0 Å². The second-order valence-electron chi connectivity index (χ2n) is 12.0. The number of amides is 1. The van der Waals surface area contributed by atoms with Crippen LogP contribution in [0.3, 0.4) is 0 Å². The number of fused-ring (bicyclic) bond motifs is 1. The van der Waals surface area contributed by atoms with Gasteiger partial charge in [-0.2, -0.15) is 0 Å². The molecule has 0 unspecified atom stereocenters. The van der Waals surface area contributed by atoms with Crippen LogP contribution in [0.1, 0.15) is 67.9 Å². The lowest BCUT2D eigenvalue weighted by atomic mass is 9.87. The molecule has 0 bridgehead atoms. The molecule has 1 N–H and O–H groups in total. The van der Waals surface area contributed by atoms with Crippen molar-refractivity contribution in [2.24, 2.45) is 11.8 Å². The van der Waals surface area contributed by atoms with E-state index in [0.29, 0.717) is 23.2 Å². The van der Waals surface area contributed by atoms with Gasteiger partial charge in [-0.05, 0) is 114 Å². The van der Waals surface area contributed by atoms with Gasteiger partial charge in [-0.15, -0.1) is 0 Å². The van der Waals surface area contributed by atoms with Gasteiger partial charge in [0.05, 0.1) is 23.0 Å². The quantitative estimate of drug-likeness (QED) is 0.410. The van der Waals surface area contributed by atoms with Crippen molar-refractivity contribution in [3.05, 3.63) is 59.3 Å². The number of hydrogen-bond donors (Lipinski definition) is 1. The van der Waals surface area contributed by atoms with E-state index in [1.54, 1.807) is 18.0 Å². The van der Waals surface area contributed by atoms with Crippen molar-refractivity contribution >= 4 is 16.8 Å². The van der Waals surface area contributed by atoms with Gasteiger partial charge in [-0.1, -0.05) is 6.92 Å². The predicted octanol–water partition coefficient (Wildman–Crippen LogP) is 5.60. The Morgan fingerprint density at radius 1 is 1.21 bits per heavy atom. The smallest absolute Gasteiger partial charge is 0.256 e. The highest BCUT2D eigenvalue weighted by Gasteiger charge is 2.33. The molecular weight excluding hydrogens is 489 g/mol. The summed E-state index contributed by atoms with van der Waals surface area (Å²) in [6.45, 7) is 13.0. The Bertz CT molecular complexity index is 1310. The summed E-state index contributed by atoms with van der Waals surface area (Å²) in [6.07, 6.45) is 11.9. The van der Waals surface area contributed by atoms with Crippen LogP contribution in [-0.2, 0) is 6.42 Å². The van der Waals surface area contributed by atoms with E-state index in [-0.39, 0.29) is 11.9 Å². The molecule has 0 spiro atoms. The number of aryl methyl sites for hydroxylation is 1. The number of piperidine rings is 1. The molecule has 2 aliphatic heterocycles. The number of nitrogens with one attached hydrogen (secondary N) is 1. The number of likely N-dealkylation sites (tertiary alicyclic amines) is 1. The molecule has 210 valence electrons. The molecule has 3 aromatic rings. The van der Waals surface area contributed by atoms with E-state index in [9.17, 15) is 9.18 Å². The Morgan fingerprint density at radius 3 is 2.69 bits per heavy atom. The summed E-state index contributed by atoms with van der Waals surface area (Å²) in [4.78, 5) is 22.3. The molecule has 7 heteroatoms. The lowest BCUT2D eigenvalue weighted by Gasteiger charge is -2.36. The molecule has 1 aromatic carbocycles. The van der Waals surface area contributed by atoms with Gasteiger partial charge in [0.1, 0.15) is 5.82 Å². The maximum atomic E-state index is 14.4. The molecule has 2 atom stereocenters. The fourth-order valence-electron chi connectivity index (χ4n) is 6.87. The number of aromatic nitrogens is 2. The van der Waals surface area contributed by atoms with E-state index < -0.39 is 5.82 Å². The van der Waals surface area contributed by atoms with Crippen molar-refractivity contribution < 1.29 is 9.18 Å². The third kappa shape index (κ3) is 5.62. The third-order valence-electron chi connectivity index (χ3n) is 9.17. The average Bonchev–Trinajstić information content (AvgIpc) is 3.54. The highest BCUT2D eigenvalue weighted by molar-refractivity contribution is 5.99. The lowest BCUT2D eigenvalue weighted by molar-refractivity contribution is 0.0754. The summed E-state index contributed by atoms with van der Waals surface area (Å²) in [6, 6.07) is 5.22. The zero-order chi connectivity index (χ0) is 27.7. The number of rotatable bonds is 8. The molecule has 2 fully saturated rings. The fourth-order valence-corrected chi connectivity index (χ4v) is 6.87. The van der Waals surface area contributed by atoms with Gasteiger partial charge in [-0.25, -0.2) is 4.39 Å². The molecule has 6 nitrogen and oxygen atoms in total. The van der Waals surface area contributed by atoms with Crippen molar-refractivity contribution in [3.8, 4) is 5.69 Å². The van der Waals surface area contributed by atoms with Crippen LogP contribution in [0.15, 0.2) is 36.8 Å². The van der Waals surface area contributed by atoms with Gasteiger partial charge in [-0.3, -0.25) is 14.7 Å². The minimum absolute atomic E-state index is 0.0108. The van der Waals surface area contributed by atoms with Crippen LogP contribution >= 0.6 is 0 Å². The molecule has 2 aromatic heterocycles. The maximum Gasteiger partial charge on any atom is 0.256 e. The minimum atomic E-state index is -0.407. The molecule has 0 radical (unpaired) electrons. The number of nitrogens with zero attached hydrogens (tertiary/aromatic N) is 4. The zero-order valence-electron chi connectivity index (χ0n) is 24.2. The van der Waals surface area contributed by atoms with E-state index >= 15 is 0 Å². The zero-order valence-corrected chi connectivity index (χ0v) is 24.2. The Kier molecular flexibility index (Phi) is 8.38. The Hall–Kier alpha value is -2.77. The monoisotopic (exact) mass is 533 g/mol. The van der Waals surface area contributed by atoms with Gasteiger partial charge in [0.2, 0.25) is 0 Å². The molecular formula is C32H44FN5O. The molecule has 2 saturated heterocycles. The highest BCUT2D eigenvalue weighted by Crippen LogP contribution is 2.34. The molecule has 1 amide bonds. The summed E-state index contributed by atoms with van der Waals surface area (Å²) in [7, 11) is 1.77. The van der Waals surface area contributed by atoms with Crippen LogP contribution in [0, 0.1) is 24.6 Å². The van der Waals surface area contributed by atoms with E-state index in [4.69, 9.17) is 0 Å². The van der Waals surface area contributed by atoms with Gasteiger partial charge in [0.25, 0.3) is 5.91 Å². The number of hydrogen-bond acceptors (Lipinski definition) is 4. The third-order valence-corrected chi connectivity index (χ3v) is 9.17. The van der Waals surface area contributed by atoms with E-state index in [2.05, 4.69) is 39.8 Å². The normalized spacial score (nSPS) is 19.7. The molecule has 39 heavy (non-hydrogen) atoms. The summed E-state index contributed by atoms with van der Waals surface area (Å²) in [5, 5.41) is 4.72. The summed E-state index contributed by atoms with van der Waals surface area (Å²) >= 11 is 0. The van der Waals surface area contributed by atoms with Gasteiger partial charge in [0, 0.05) is 43.5 Å². The maximum absolute atomic E-state index is 14.4. The SMILES string of the molecule is CC[C@@H](C1CCNCC1)N1CC[C@@H](Cc2cn(-c3ccc(F)cc3C(=O)N(C)C(C)C)c3cncc(C)c23)C1. The van der Waals surface area contributed by atoms with Crippen molar-refractivity contribution in [1.29, 1.82) is 0 Å². The first kappa shape index (κ1) is 27.8. The molecule has 2 aliphatic rings. The first-order valence-corrected chi connectivity index (χ1v) is 14.7. The molecule has 5 rings (SSSR count). The summed E-state index contributed by atoms with van der Waals surface area (Å²) in [5.74, 6) is 0.798. The summed E-state index contributed by atoms with van der Waals surface area (Å²) in [5.41, 5.74) is 4.45. The number of pyridine rings is 1. The minimum Gasteiger partial charge on any atom is -0.339 e. The first-order valence-electron chi connectivity index (χ1n) is 14.7. The van der Waals surface area contributed by atoms with Crippen LogP contribution in [-0.4, -0.2) is 70.6 Å². The number of carbonyl (C=O) groups excluding carboxylic acids is 1. The van der Waals surface area contributed by atoms with Gasteiger partial charge in [0.15, 0.2) is 0 Å². The van der Waals surface area contributed by atoms with Crippen LogP contribution < -0.4 is 5.32 Å². The number of halogens is 1. The summed E-state index contributed by atoms with van der Waals surface area (Å²) < 4.78 is 16.5. The lowest BCUT2D eigenvalue weighted by Crippen LogP contribution is -2.43. The standard InChI is InChI=1S/C32H44FN5O/c1-6-28(24-9-12-34-13-10-24)37-14-11-23(19-37)15-25-20-38(30-18-35-17-22(4)31(25)30)29-8-7-26(33)16-27(29)32(39)36(5)21(2)3/h7-8,16-18,20-21,23-24,28,34H,6,9-15,19H2,1-5H3/t23-,28-/m0/s1. The Balaban J connectivity index is 1.46. The average molecular weight is 534 g/mol. The fraction of sp³-hybridized carbons (Fsp3) is 0.562. The van der Waals surface area contributed by atoms with E-state index in [1.807, 2.05) is 26.2 Å². The van der Waals surface area contributed by atoms with Gasteiger partial charge >= 0.3 is 0 Å². The topological polar surface area (TPSA) is 53.4 Å². The molecule has 0 aliphatic carbocycles. The second-order valence-corrected chi connectivity index (χ2v) is 12.0. The van der Waals surface area contributed by atoms with Crippen molar-refractivity contribution in [3.63, 3.8) is 0 Å². The van der Waals surface area contributed by atoms with Crippen molar-refractivity contribution in [2.45, 2.75) is 71.9 Å². The van der Waals surface area contributed by atoms with Crippen LogP contribution in [0.25, 0.3) is 16.6 Å². The van der Waals surface area contributed by atoms with Crippen LogP contribution in [0.5, 0.6) is 0 Å². The Labute approximate surface area is 232 Å². The molecule has 0 saturated carbocycles. The van der Waals surface area contributed by atoms with Crippen molar-refractivity contribution in [1.82, 2.24) is 24.7 Å². The first-order chi connectivity index (χ1) is 18.8. The largest absolute Gasteiger partial charge is 0.339 e. The number of carbonyl (C=O) groups is 1. The Morgan fingerprint density at radius 2 is 1.97 bits per heavy atom. The van der Waals surface area contributed by atoms with Gasteiger partial charge < -0.3 is 14.8 Å². The predicted molar refractivity (Wildman–Crippen MR) is 156 cm³/mol. The molecule has 4 heterocycles.